The Morgan fingerprint density at radius 3 is 2.63 bits per heavy atom. The predicted molar refractivity (Wildman–Crippen MR) is 77.4 cm³/mol. The van der Waals surface area contributed by atoms with Gasteiger partial charge in [0, 0.05) is 31.9 Å². The molecule has 114 valence electrons. The van der Waals surface area contributed by atoms with Gasteiger partial charge in [-0.25, -0.2) is 0 Å². The van der Waals surface area contributed by atoms with Gasteiger partial charge in [0.25, 0.3) is 0 Å². The van der Waals surface area contributed by atoms with E-state index in [1.165, 1.54) is 6.42 Å². The van der Waals surface area contributed by atoms with E-state index in [1.807, 2.05) is 0 Å². The molecule has 1 aliphatic rings. The quantitative estimate of drug-likeness (QED) is 0.631. The zero-order valence-electron chi connectivity index (χ0n) is 12.8. The Morgan fingerprint density at radius 1 is 1.32 bits per heavy atom. The molecule has 19 heavy (non-hydrogen) atoms. The summed E-state index contributed by atoms with van der Waals surface area (Å²) in [6.45, 7) is 10.0. The highest BCUT2D eigenvalue weighted by molar-refractivity contribution is 4.86. The van der Waals surface area contributed by atoms with Crippen molar-refractivity contribution < 1.29 is 14.6 Å². The molecule has 0 spiro atoms. The number of nitrogens with one attached hydrogen (secondary N) is 1. The first-order chi connectivity index (χ1) is 9.02. The summed E-state index contributed by atoms with van der Waals surface area (Å²) in [5.41, 5.74) is 0.108. The summed E-state index contributed by atoms with van der Waals surface area (Å²) < 4.78 is 10.9. The molecule has 0 radical (unpaired) electrons. The molecule has 0 amide bonds. The maximum Gasteiger partial charge on any atom is 0.0897 e. The van der Waals surface area contributed by atoms with Gasteiger partial charge in [-0.1, -0.05) is 13.8 Å². The van der Waals surface area contributed by atoms with Gasteiger partial charge in [0.05, 0.1) is 12.7 Å². The third-order valence-electron chi connectivity index (χ3n) is 3.74. The van der Waals surface area contributed by atoms with Crippen LogP contribution < -0.4 is 5.32 Å². The summed E-state index contributed by atoms with van der Waals surface area (Å²) in [7, 11) is 0. The minimum absolute atomic E-state index is 0.108. The van der Waals surface area contributed by atoms with Crippen molar-refractivity contribution in [2.45, 2.75) is 58.1 Å². The predicted octanol–water partition coefficient (Wildman–Crippen LogP) is 1.96. The summed E-state index contributed by atoms with van der Waals surface area (Å²) in [6, 6.07) is 0. The summed E-state index contributed by atoms with van der Waals surface area (Å²) in [5, 5.41) is 13.3. The van der Waals surface area contributed by atoms with E-state index in [0.29, 0.717) is 13.2 Å². The van der Waals surface area contributed by atoms with Crippen LogP contribution in [0, 0.1) is 5.92 Å². The number of aliphatic hydroxyl groups is 1. The van der Waals surface area contributed by atoms with Gasteiger partial charge in [0.15, 0.2) is 0 Å². The zero-order chi connectivity index (χ0) is 14.1. The van der Waals surface area contributed by atoms with Gasteiger partial charge in [0.2, 0.25) is 0 Å². The maximum absolute atomic E-state index is 9.88. The molecule has 1 aliphatic heterocycles. The summed E-state index contributed by atoms with van der Waals surface area (Å²) in [4.78, 5) is 0. The first-order valence-corrected chi connectivity index (χ1v) is 7.60. The van der Waals surface area contributed by atoms with Gasteiger partial charge in [-0.2, -0.15) is 0 Å². The lowest BCUT2D eigenvalue weighted by Crippen LogP contribution is -2.49. The topological polar surface area (TPSA) is 50.7 Å². The fourth-order valence-electron chi connectivity index (χ4n) is 2.23. The van der Waals surface area contributed by atoms with Gasteiger partial charge in [-0.05, 0) is 38.5 Å². The molecule has 1 unspecified atom stereocenters. The number of hydrogen-bond acceptors (Lipinski definition) is 4. The fourth-order valence-corrected chi connectivity index (χ4v) is 2.23. The van der Waals surface area contributed by atoms with Crippen LogP contribution in [0.4, 0.5) is 0 Å². The molecule has 2 N–H and O–H groups in total. The normalized spacial score (nSPS) is 20.7. The Bertz CT molecular complexity index is 227. The van der Waals surface area contributed by atoms with E-state index in [4.69, 9.17) is 9.47 Å². The average Bonchev–Trinajstić information content (AvgIpc) is 2.37. The van der Waals surface area contributed by atoms with Gasteiger partial charge in [-0.3, -0.25) is 0 Å². The van der Waals surface area contributed by atoms with Crippen molar-refractivity contribution in [3.05, 3.63) is 0 Å². The second-order valence-electron chi connectivity index (χ2n) is 6.32. The molecule has 1 saturated heterocycles. The Labute approximate surface area is 117 Å². The molecule has 1 rings (SSSR count). The molecule has 4 nitrogen and oxygen atoms in total. The van der Waals surface area contributed by atoms with Crippen LogP contribution in [0.2, 0.25) is 0 Å². The van der Waals surface area contributed by atoms with E-state index in [1.54, 1.807) is 0 Å². The van der Waals surface area contributed by atoms with Gasteiger partial charge in [-0.15, -0.1) is 0 Å². The van der Waals surface area contributed by atoms with Crippen molar-refractivity contribution in [2.75, 3.05) is 33.0 Å². The van der Waals surface area contributed by atoms with Crippen LogP contribution in [-0.4, -0.2) is 49.7 Å². The fraction of sp³-hybridized carbons (Fsp3) is 1.00. The van der Waals surface area contributed by atoms with Crippen LogP contribution in [0.25, 0.3) is 0 Å². The Morgan fingerprint density at radius 2 is 2.00 bits per heavy atom. The van der Waals surface area contributed by atoms with Gasteiger partial charge < -0.3 is 19.9 Å². The molecular formula is C15H31NO3. The highest BCUT2D eigenvalue weighted by atomic mass is 16.5. The third kappa shape index (κ3) is 7.88. The lowest BCUT2D eigenvalue weighted by atomic mass is 9.92. The molecule has 0 aliphatic carbocycles. The Balaban J connectivity index is 2.02. The molecule has 1 fully saturated rings. The van der Waals surface area contributed by atoms with Gasteiger partial charge in [0.1, 0.15) is 0 Å². The molecule has 0 bridgehead atoms. The van der Waals surface area contributed by atoms with E-state index in [-0.39, 0.29) is 5.54 Å². The summed E-state index contributed by atoms with van der Waals surface area (Å²) >= 11 is 0. The van der Waals surface area contributed by atoms with Crippen LogP contribution >= 0.6 is 0 Å². The van der Waals surface area contributed by atoms with Crippen LogP contribution in [0.15, 0.2) is 0 Å². The van der Waals surface area contributed by atoms with E-state index in [2.05, 4.69) is 26.1 Å². The molecule has 4 heteroatoms. The minimum Gasteiger partial charge on any atom is -0.389 e. The van der Waals surface area contributed by atoms with Crippen LogP contribution in [0.5, 0.6) is 0 Å². The standard InChI is InChI=1S/C15H31NO3/c1-13(2)5-4-8-19-12-14(17)11-16-15(3)6-9-18-10-7-15/h13-14,16-17H,4-12H2,1-3H3. The van der Waals surface area contributed by atoms with Crippen molar-refractivity contribution in [1.82, 2.24) is 5.32 Å². The largest absolute Gasteiger partial charge is 0.389 e. The average molecular weight is 273 g/mol. The second-order valence-corrected chi connectivity index (χ2v) is 6.32. The van der Waals surface area contributed by atoms with E-state index in [0.717, 1.165) is 45.0 Å². The molecule has 0 aromatic heterocycles. The van der Waals surface area contributed by atoms with Crippen LogP contribution in [-0.2, 0) is 9.47 Å². The van der Waals surface area contributed by atoms with Crippen molar-refractivity contribution in [2.24, 2.45) is 5.92 Å². The molecule has 0 aromatic rings. The van der Waals surface area contributed by atoms with Crippen molar-refractivity contribution in [1.29, 1.82) is 0 Å². The van der Waals surface area contributed by atoms with Crippen molar-refractivity contribution in [3.63, 3.8) is 0 Å². The number of aliphatic hydroxyl groups excluding tert-OH is 1. The molecule has 1 heterocycles. The molecule has 1 atom stereocenters. The van der Waals surface area contributed by atoms with Gasteiger partial charge >= 0.3 is 0 Å². The Hall–Kier alpha value is -0.160. The maximum atomic E-state index is 9.88. The van der Waals surface area contributed by atoms with Crippen molar-refractivity contribution in [3.8, 4) is 0 Å². The number of β-amino-alcohol motifs (C(OH)–C–C–N with tert-alkyl or cyclic N) is 1. The lowest BCUT2D eigenvalue weighted by molar-refractivity contribution is 0.0152. The van der Waals surface area contributed by atoms with E-state index < -0.39 is 6.10 Å². The second kappa shape index (κ2) is 8.90. The number of hydrogen-bond donors (Lipinski definition) is 2. The molecule has 0 aromatic carbocycles. The van der Waals surface area contributed by atoms with E-state index >= 15 is 0 Å². The summed E-state index contributed by atoms with van der Waals surface area (Å²) in [6.07, 6.45) is 3.86. The highest BCUT2D eigenvalue weighted by Gasteiger charge is 2.27. The molecule has 0 saturated carbocycles. The minimum atomic E-state index is -0.418. The smallest absolute Gasteiger partial charge is 0.0897 e. The monoisotopic (exact) mass is 273 g/mol. The highest BCUT2D eigenvalue weighted by Crippen LogP contribution is 2.19. The lowest BCUT2D eigenvalue weighted by Gasteiger charge is -2.35. The summed E-state index contributed by atoms with van der Waals surface area (Å²) in [5.74, 6) is 0.726. The van der Waals surface area contributed by atoms with Crippen LogP contribution in [0.3, 0.4) is 0 Å². The van der Waals surface area contributed by atoms with Crippen LogP contribution in [0.1, 0.15) is 46.5 Å². The first kappa shape index (κ1) is 16.9. The number of rotatable bonds is 9. The number of ether oxygens (including phenoxy) is 2. The van der Waals surface area contributed by atoms with Crippen molar-refractivity contribution >= 4 is 0 Å². The van der Waals surface area contributed by atoms with E-state index in [9.17, 15) is 5.11 Å². The first-order valence-electron chi connectivity index (χ1n) is 7.60. The Kier molecular flexibility index (Phi) is 7.91. The SMILES string of the molecule is CC(C)CCCOCC(O)CNC1(C)CCOCC1. The third-order valence-corrected chi connectivity index (χ3v) is 3.74. The molecular weight excluding hydrogens is 242 g/mol. The zero-order valence-corrected chi connectivity index (χ0v) is 12.8.